The number of benzene rings is 2. The van der Waals surface area contributed by atoms with E-state index in [4.69, 9.17) is 27.1 Å². The van der Waals surface area contributed by atoms with Crippen LogP contribution in [-0.4, -0.2) is 50.5 Å². The lowest BCUT2D eigenvalue weighted by Crippen LogP contribution is -2.56. The van der Waals surface area contributed by atoms with Gasteiger partial charge in [0.05, 0.1) is 35.8 Å². The summed E-state index contributed by atoms with van der Waals surface area (Å²) in [6.45, 7) is 5.14. The van der Waals surface area contributed by atoms with Gasteiger partial charge >= 0.3 is 0 Å². The third kappa shape index (κ3) is 4.68. The summed E-state index contributed by atoms with van der Waals surface area (Å²) in [5, 5.41) is 9.11. The van der Waals surface area contributed by atoms with Gasteiger partial charge < -0.3 is 10.5 Å². The van der Waals surface area contributed by atoms with Gasteiger partial charge in [-0.2, -0.15) is 0 Å². The maximum atomic E-state index is 13.3. The van der Waals surface area contributed by atoms with Crippen LogP contribution in [0.5, 0.6) is 0 Å². The molecule has 5 rings (SSSR count). The van der Waals surface area contributed by atoms with E-state index in [1.54, 1.807) is 9.58 Å². The van der Waals surface area contributed by atoms with Crippen LogP contribution in [-0.2, 0) is 21.6 Å². The quantitative estimate of drug-likeness (QED) is 0.581. The molecule has 0 bridgehead atoms. The largest absolute Gasteiger partial charge is 0.378 e. The lowest BCUT2D eigenvalue weighted by atomic mass is 9.85. The monoisotopic (exact) mass is 492 g/mol. The first-order valence-corrected chi connectivity index (χ1v) is 12.2. The first-order valence-electron chi connectivity index (χ1n) is 11.9. The van der Waals surface area contributed by atoms with Crippen LogP contribution in [0.3, 0.4) is 0 Å². The Morgan fingerprint density at radius 3 is 2.74 bits per heavy atom. The maximum absolute atomic E-state index is 13.3. The molecule has 0 saturated carbocycles. The van der Waals surface area contributed by atoms with Gasteiger partial charge in [0.15, 0.2) is 5.96 Å². The number of carbonyl (C=O) groups excluding carboxylic acids is 1. The molecule has 0 aliphatic carbocycles. The zero-order valence-electron chi connectivity index (χ0n) is 19.9. The smallest absolute Gasteiger partial charge is 0.232 e. The van der Waals surface area contributed by atoms with Crippen LogP contribution in [0.1, 0.15) is 44.2 Å². The van der Waals surface area contributed by atoms with Crippen LogP contribution in [0.15, 0.2) is 59.7 Å². The summed E-state index contributed by atoms with van der Waals surface area (Å²) in [5.41, 5.74) is 8.78. The van der Waals surface area contributed by atoms with Gasteiger partial charge in [0, 0.05) is 18.2 Å². The van der Waals surface area contributed by atoms with Crippen LogP contribution < -0.4 is 5.73 Å². The average Bonchev–Trinajstić information content (AvgIpc) is 3.27. The second-order valence-electron chi connectivity index (χ2n) is 9.50. The van der Waals surface area contributed by atoms with Crippen molar-refractivity contribution in [3.8, 4) is 11.3 Å². The SMILES string of the molecule is C[C@H]1C[C@@H](N2C(=O)C[C@@](C)(c3cccc(-c4cn(Cc5ccccc5)nn4)c3Cl)N=C2N)CCO1. The summed E-state index contributed by atoms with van der Waals surface area (Å²) in [4.78, 5) is 19.8. The number of guanidine groups is 1. The normalized spacial score (nSPS) is 24.9. The van der Waals surface area contributed by atoms with Gasteiger partial charge in [0.1, 0.15) is 5.69 Å². The maximum Gasteiger partial charge on any atom is 0.232 e. The number of rotatable bonds is 5. The van der Waals surface area contributed by atoms with Crippen molar-refractivity contribution in [1.82, 2.24) is 19.9 Å². The molecule has 2 aliphatic heterocycles. The van der Waals surface area contributed by atoms with E-state index >= 15 is 0 Å². The first-order chi connectivity index (χ1) is 16.8. The lowest BCUT2D eigenvalue weighted by molar-refractivity contribution is -0.133. The molecule has 3 aromatic rings. The van der Waals surface area contributed by atoms with Crippen LogP contribution in [0.2, 0.25) is 5.02 Å². The Morgan fingerprint density at radius 1 is 1.20 bits per heavy atom. The molecule has 0 spiro atoms. The van der Waals surface area contributed by atoms with E-state index in [-0.39, 0.29) is 30.4 Å². The van der Waals surface area contributed by atoms with Crippen molar-refractivity contribution in [1.29, 1.82) is 0 Å². The molecule has 182 valence electrons. The minimum absolute atomic E-state index is 0.000935. The molecular formula is C26H29ClN6O2. The highest BCUT2D eigenvalue weighted by Crippen LogP contribution is 2.41. The van der Waals surface area contributed by atoms with Gasteiger partial charge in [-0.05, 0) is 37.8 Å². The van der Waals surface area contributed by atoms with E-state index in [0.29, 0.717) is 23.9 Å². The fourth-order valence-corrected chi connectivity index (χ4v) is 5.45. The Bertz CT molecular complexity index is 1260. The van der Waals surface area contributed by atoms with Crippen molar-refractivity contribution < 1.29 is 9.53 Å². The average molecular weight is 493 g/mol. The molecule has 1 fully saturated rings. The lowest BCUT2D eigenvalue weighted by Gasteiger charge is -2.41. The Hall–Kier alpha value is -3.23. The van der Waals surface area contributed by atoms with E-state index in [1.165, 1.54) is 0 Å². The summed E-state index contributed by atoms with van der Waals surface area (Å²) in [6, 6.07) is 15.8. The summed E-state index contributed by atoms with van der Waals surface area (Å²) in [6.07, 6.45) is 3.64. The minimum Gasteiger partial charge on any atom is -0.378 e. The Kier molecular flexibility index (Phi) is 6.34. The molecule has 1 saturated heterocycles. The zero-order valence-corrected chi connectivity index (χ0v) is 20.7. The number of amides is 1. The Labute approximate surface area is 209 Å². The highest BCUT2D eigenvalue weighted by atomic mass is 35.5. The number of hydrogen-bond donors (Lipinski definition) is 1. The van der Waals surface area contributed by atoms with Crippen molar-refractivity contribution in [2.45, 2.75) is 57.3 Å². The third-order valence-electron chi connectivity index (χ3n) is 6.78. The molecule has 2 N–H and O–H groups in total. The van der Waals surface area contributed by atoms with Gasteiger partial charge in [-0.25, -0.2) is 9.67 Å². The van der Waals surface area contributed by atoms with Gasteiger partial charge in [-0.1, -0.05) is 65.3 Å². The summed E-state index contributed by atoms with van der Waals surface area (Å²) in [5.74, 6) is 0.188. The molecule has 35 heavy (non-hydrogen) atoms. The number of nitrogens with zero attached hydrogens (tertiary/aromatic N) is 5. The molecule has 0 unspecified atom stereocenters. The zero-order chi connectivity index (χ0) is 24.6. The number of carbonyl (C=O) groups is 1. The predicted molar refractivity (Wildman–Crippen MR) is 135 cm³/mol. The number of aliphatic imine (C=N–C) groups is 1. The fourth-order valence-electron chi connectivity index (χ4n) is 5.02. The van der Waals surface area contributed by atoms with Gasteiger partial charge in [0.25, 0.3) is 0 Å². The van der Waals surface area contributed by atoms with Gasteiger partial charge in [0.2, 0.25) is 5.91 Å². The topological polar surface area (TPSA) is 98.6 Å². The van der Waals surface area contributed by atoms with Crippen LogP contribution in [0.4, 0.5) is 0 Å². The van der Waals surface area contributed by atoms with Crippen LogP contribution >= 0.6 is 11.6 Å². The summed E-state index contributed by atoms with van der Waals surface area (Å²) >= 11 is 6.91. The first kappa shape index (κ1) is 23.5. The second-order valence-corrected chi connectivity index (χ2v) is 9.88. The van der Waals surface area contributed by atoms with Gasteiger partial charge in [-0.15, -0.1) is 5.10 Å². The highest BCUT2D eigenvalue weighted by molar-refractivity contribution is 6.34. The Morgan fingerprint density at radius 2 is 2.00 bits per heavy atom. The molecule has 1 aromatic heterocycles. The summed E-state index contributed by atoms with van der Waals surface area (Å²) < 4.78 is 7.42. The third-order valence-corrected chi connectivity index (χ3v) is 7.18. The van der Waals surface area contributed by atoms with E-state index in [9.17, 15) is 4.79 Å². The molecule has 3 atom stereocenters. The molecule has 3 heterocycles. The number of nitrogens with two attached hydrogens (primary N) is 1. The van der Waals surface area contributed by atoms with Crippen molar-refractivity contribution in [2.75, 3.05) is 6.61 Å². The van der Waals surface area contributed by atoms with Crippen molar-refractivity contribution >= 4 is 23.5 Å². The standard InChI is InChI=1S/C26H29ClN6O2/c1-17-13-19(11-12-35-17)33-23(34)14-26(2,29-25(33)28)21-10-6-9-20(24(21)27)22-16-32(31-30-22)15-18-7-4-3-5-8-18/h3-10,16-17,19H,11-15H2,1-2H3,(H2,28,29)/t17-,19-,26-/m0/s1. The molecule has 8 nitrogen and oxygen atoms in total. The fraction of sp³-hybridized carbons (Fsp3) is 0.385. The van der Waals surface area contributed by atoms with Crippen LogP contribution in [0, 0.1) is 0 Å². The number of halogens is 1. The number of aromatic nitrogens is 3. The summed E-state index contributed by atoms with van der Waals surface area (Å²) in [7, 11) is 0. The van der Waals surface area contributed by atoms with Crippen molar-refractivity contribution in [3.05, 3.63) is 70.9 Å². The van der Waals surface area contributed by atoms with E-state index < -0.39 is 5.54 Å². The molecule has 2 aromatic carbocycles. The number of hydrogen-bond acceptors (Lipinski definition) is 6. The van der Waals surface area contributed by atoms with E-state index in [2.05, 4.69) is 10.3 Å². The van der Waals surface area contributed by atoms with Crippen molar-refractivity contribution in [3.63, 3.8) is 0 Å². The highest BCUT2D eigenvalue weighted by Gasteiger charge is 2.42. The molecule has 1 amide bonds. The van der Waals surface area contributed by atoms with Gasteiger partial charge in [-0.3, -0.25) is 9.69 Å². The minimum atomic E-state index is -0.873. The van der Waals surface area contributed by atoms with E-state index in [0.717, 1.165) is 29.5 Å². The van der Waals surface area contributed by atoms with E-state index in [1.807, 2.05) is 68.6 Å². The molecule has 2 aliphatic rings. The molecular weight excluding hydrogens is 464 g/mol. The predicted octanol–water partition coefficient (Wildman–Crippen LogP) is 3.98. The Balaban J connectivity index is 1.43. The molecule has 0 radical (unpaired) electrons. The van der Waals surface area contributed by atoms with Crippen LogP contribution in [0.25, 0.3) is 11.3 Å². The molecule has 9 heteroatoms. The number of ether oxygens (including phenoxy) is 1. The van der Waals surface area contributed by atoms with Crippen molar-refractivity contribution in [2.24, 2.45) is 10.7 Å². The second kappa shape index (κ2) is 9.43.